The molecule has 1 aliphatic rings. The fourth-order valence-electron chi connectivity index (χ4n) is 2.23. The molecule has 1 fully saturated rings. The van der Waals surface area contributed by atoms with Gasteiger partial charge in [0.1, 0.15) is 12.6 Å². The molecule has 0 N–H and O–H groups in total. The Morgan fingerprint density at radius 2 is 2.00 bits per heavy atom. The topological polar surface area (TPSA) is 63.7 Å². The van der Waals surface area contributed by atoms with Crippen molar-refractivity contribution in [2.45, 2.75) is 31.9 Å². The van der Waals surface area contributed by atoms with E-state index in [1.807, 2.05) is 30.3 Å². The molecule has 7 heteroatoms. The minimum atomic E-state index is -3.90. The molecule has 0 aromatic heterocycles. The molecule has 110 valence electrons. The van der Waals surface area contributed by atoms with Gasteiger partial charge in [-0.25, -0.2) is 0 Å². The van der Waals surface area contributed by atoms with Crippen LogP contribution in [0.15, 0.2) is 30.3 Å². The summed E-state index contributed by atoms with van der Waals surface area (Å²) >= 11 is 0. The number of ether oxygens (including phenoxy) is 1. The average molecular weight is 318 g/mol. The van der Waals surface area contributed by atoms with E-state index in [-0.39, 0.29) is 13.2 Å². The molecule has 0 bridgehead atoms. The van der Waals surface area contributed by atoms with Crippen molar-refractivity contribution in [1.29, 1.82) is 0 Å². The standard InChI is InChI=1S/C13H16ClNO4S/c14-20(17,18)15-9-5-4-8-12(15)13(16)19-10-11-6-2-1-3-7-11/h1-3,6-7,12H,4-5,8-10H2/t12-/m0/s1. The average Bonchev–Trinajstić information content (AvgIpc) is 2.45. The molecule has 1 aromatic carbocycles. The van der Waals surface area contributed by atoms with Crippen LogP contribution in [0.25, 0.3) is 0 Å². The highest BCUT2D eigenvalue weighted by molar-refractivity contribution is 8.11. The Labute approximate surface area is 123 Å². The molecule has 0 spiro atoms. The van der Waals surface area contributed by atoms with Gasteiger partial charge in [-0.2, -0.15) is 12.7 Å². The van der Waals surface area contributed by atoms with Gasteiger partial charge in [0.15, 0.2) is 0 Å². The summed E-state index contributed by atoms with van der Waals surface area (Å²) in [5.41, 5.74) is 0.858. The molecule has 0 radical (unpaired) electrons. The Bertz CT molecular complexity index is 561. The molecule has 1 aliphatic heterocycles. The summed E-state index contributed by atoms with van der Waals surface area (Å²) in [7, 11) is 1.46. The molecule has 0 amide bonds. The highest BCUT2D eigenvalue weighted by atomic mass is 35.7. The van der Waals surface area contributed by atoms with E-state index in [0.717, 1.165) is 16.3 Å². The summed E-state index contributed by atoms with van der Waals surface area (Å²) < 4.78 is 29.1. The number of nitrogens with zero attached hydrogens (tertiary/aromatic N) is 1. The Morgan fingerprint density at radius 3 is 2.65 bits per heavy atom. The van der Waals surface area contributed by atoms with Gasteiger partial charge in [0.2, 0.25) is 0 Å². The van der Waals surface area contributed by atoms with Crippen LogP contribution in [0.3, 0.4) is 0 Å². The Hall–Kier alpha value is -1.11. The van der Waals surface area contributed by atoms with Gasteiger partial charge in [-0.1, -0.05) is 30.3 Å². The van der Waals surface area contributed by atoms with Crippen molar-refractivity contribution >= 4 is 25.9 Å². The van der Waals surface area contributed by atoms with Gasteiger partial charge in [-0.15, -0.1) is 0 Å². The lowest BCUT2D eigenvalue weighted by atomic mass is 10.1. The summed E-state index contributed by atoms with van der Waals surface area (Å²) in [5.74, 6) is -0.544. The van der Waals surface area contributed by atoms with Gasteiger partial charge in [-0.05, 0) is 24.8 Å². The van der Waals surface area contributed by atoms with Crippen LogP contribution in [0, 0.1) is 0 Å². The van der Waals surface area contributed by atoms with E-state index >= 15 is 0 Å². The summed E-state index contributed by atoms with van der Waals surface area (Å²) in [6, 6.07) is 8.43. The van der Waals surface area contributed by atoms with E-state index in [0.29, 0.717) is 12.8 Å². The maximum atomic E-state index is 12.0. The van der Waals surface area contributed by atoms with Crippen LogP contribution in [0.5, 0.6) is 0 Å². The number of rotatable bonds is 4. The first-order valence-electron chi connectivity index (χ1n) is 6.40. The monoisotopic (exact) mass is 317 g/mol. The molecule has 2 rings (SSSR count). The molecule has 0 unspecified atom stereocenters. The Balaban J connectivity index is 2.00. The first-order chi connectivity index (χ1) is 9.48. The summed E-state index contributed by atoms with van der Waals surface area (Å²) in [5, 5.41) is 0. The molecule has 1 atom stereocenters. The fraction of sp³-hybridized carbons (Fsp3) is 0.462. The number of halogens is 1. The van der Waals surface area contributed by atoms with Gasteiger partial charge in [0.05, 0.1) is 0 Å². The summed E-state index contributed by atoms with van der Waals surface area (Å²) in [6.07, 6.45) is 1.93. The summed E-state index contributed by atoms with van der Waals surface area (Å²) in [4.78, 5) is 12.0. The molecule has 1 saturated heterocycles. The number of carbonyl (C=O) groups excluding carboxylic acids is 1. The van der Waals surface area contributed by atoms with E-state index in [1.54, 1.807) is 0 Å². The van der Waals surface area contributed by atoms with Crippen LogP contribution in [0.1, 0.15) is 24.8 Å². The molecule has 1 aromatic rings. The van der Waals surface area contributed by atoms with E-state index in [9.17, 15) is 13.2 Å². The van der Waals surface area contributed by atoms with Crippen molar-refractivity contribution in [3.63, 3.8) is 0 Å². The third kappa shape index (κ3) is 3.94. The molecule has 1 heterocycles. The molecule has 0 saturated carbocycles. The second-order valence-electron chi connectivity index (χ2n) is 4.66. The largest absolute Gasteiger partial charge is 0.460 e. The zero-order valence-corrected chi connectivity index (χ0v) is 12.4. The number of carbonyl (C=O) groups is 1. The van der Waals surface area contributed by atoms with Gasteiger partial charge < -0.3 is 4.74 Å². The van der Waals surface area contributed by atoms with Gasteiger partial charge in [-0.3, -0.25) is 4.79 Å². The van der Waals surface area contributed by atoms with Crippen LogP contribution in [-0.2, 0) is 25.4 Å². The smallest absolute Gasteiger partial charge is 0.324 e. The maximum Gasteiger partial charge on any atom is 0.324 e. The third-order valence-electron chi connectivity index (χ3n) is 3.23. The Morgan fingerprint density at radius 1 is 1.30 bits per heavy atom. The van der Waals surface area contributed by atoms with Gasteiger partial charge >= 0.3 is 15.2 Å². The minimum Gasteiger partial charge on any atom is -0.460 e. The van der Waals surface area contributed by atoms with Crippen molar-refractivity contribution in [1.82, 2.24) is 4.31 Å². The zero-order valence-electron chi connectivity index (χ0n) is 10.9. The molecule has 5 nitrogen and oxygen atoms in total. The zero-order chi connectivity index (χ0) is 14.6. The fourth-order valence-corrected chi connectivity index (χ4v) is 3.56. The van der Waals surface area contributed by atoms with E-state index in [1.165, 1.54) is 0 Å². The van der Waals surface area contributed by atoms with Crippen molar-refractivity contribution in [3.8, 4) is 0 Å². The van der Waals surface area contributed by atoms with E-state index in [2.05, 4.69) is 0 Å². The lowest BCUT2D eigenvalue weighted by Crippen LogP contribution is -2.46. The lowest BCUT2D eigenvalue weighted by molar-refractivity contribution is -0.150. The molecule has 20 heavy (non-hydrogen) atoms. The number of piperidine rings is 1. The van der Waals surface area contributed by atoms with E-state index < -0.39 is 21.2 Å². The highest BCUT2D eigenvalue weighted by Crippen LogP contribution is 2.23. The second-order valence-corrected chi connectivity index (χ2v) is 7.12. The number of hydrogen-bond donors (Lipinski definition) is 0. The lowest BCUT2D eigenvalue weighted by Gasteiger charge is -2.30. The van der Waals surface area contributed by atoms with Crippen molar-refractivity contribution in [2.75, 3.05) is 6.54 Å². The van der Waals surface area contributed by atoms with E-state index in [4.69, 9.17) is 15.4 Å². The summed E-state index contributed by atoms with van der Waals surface area (Å²) in [6.45, 7) is 0.392. The SMILES string of the molecule is O=C(OCc1ccccc1)[C@@H]1CCCCN1S(=O)(=O)Cl. The van der Waals surface area contributed by atoms with Crippen LogP contribution in [-0.4, -0.2) is 31.3 Å². The predicted molar refractivity (Wildman–Crippen MR) is 75.4 cm³/mol. The molecular formula is C13H16ClNO4S. The first kappa shape index (κ1) is 15.3. The number of hydrogen-bond acceptors (Lipinski definition) is 4. The normalized spacial score (nSPS) is 20.6. The Kier molecular flexibility index (Phi) is 5.01. The van der Waals surface area contributed by atoms with Crippen molar-refractivity contribution in [2.24, 2.45) is 0 Å². The quantitative estimate of drug-likeness (QED) is 0.630. The van der Waals surface area contributed by atoms with Crippen LogP contribution < -0.4 is 0 Å². The third-order valence-corrected chi connectivity index (χ3v) is 4.76. The van der Waals surface area contributed by atoms with Gasteiger partial charge in [0, 0.05) is 17.2 Å². The highest BCUT2D eigenvalue weighted by Gasteiger charge is 2.36. The molecular weight excluding hydrogens is 302 g/mol. The number of esters is 1. The maximum absolute atomic E-state index is 12.0. The second kappa shape index (κ2) is 6.56. The van der Waals surface area contributed by atoms with Crippen molar-refractivity contribution < 1.29 is 17.9 Å². The van der Waals surface area contributed by atoms with Crippen LogP contribution >= 0.6 is 10.7 Å². The predicted octanol–water partition coefficient (Wildman–Crippen LogP) is 2.07. The minimum absolute atomic E-state index is 0.131. The van der Waals surface area contributed by atoms with Crippen LogP contribution in [0.4, 0.5) is 0 Å². The number of benzene rings is 1. The first-order valence-corrected chi connectivity index (χ1v) is 8.67. The van der Waals surface area contributed by atoms with Crippen LogP contribution in [0.2, 0.25) is 0 Å². The van der Waals surface area contributed by atoms with Gasteiger partial charge in [0.25, 0.3) is 0 Å². The van der Waals surface area contributed by atoms with Crippen molar-refractivity contribution in [3.05, 3.63) is 35.9 Å². The molecule has 0 aliphatic carbocycles.